The maximum absolute atomic E-state index is 12.9. The van der Waals surface area contributed by atoms with Gasteiger partial charge in [-0.25, -0.2) is 0 Å². The minimum Gasteiger partial charge on any atom is -0.322 e. The van der Waals surface area contributed by atoms with Gasteiger partial charge in [0.05, 0.1) is 4.92 Å². The van der Waals surface area contributed by atoms with Crippen LogP contribution < -0.4 is 5.73 Å². The molecule has 0 atom stereocenters. The van der Waals surface area contributed by atoms with Crippen LogP contribution in [0.5, 0.6) is 0 Å². The first-order valence-corrected chi connectivity index (χ1v) is 4.05. The van der Waals surface area contributed by atoms with Crippen molar-refractivity contribution in [1.82, 2.24) is 0 Å². The highest BCUT2D eigenvalue weighted by molar-refractivity contribution is 5.38. The molecule has 0 saturated carbocycles. The van der Waals surface area contributed by atoms with Gasteiger partial charge in [-0.2, -0.15) is 4.39 Å². The molecular weight excluding hydrogens is 187 g/mol. The first kappa shape index (κ1) is 10.6. The minimum atomic E-state index is -0.844. The van der Waals surface area contributed by atoms with Gasteiger partial charge in [-0.1, -0.05) is 6.07 Å². The summed E-state index contributed by atoms with van der Waals surface area (Å²) < 4.78 is 12.9. The SMILES string of the molecule is CC(C)(N)c1ccc(F)c([N+](=O)[O-])c1. The van der Waals surface area contributed by atoms with Gasteiger partial charge in [-0.15, -0.1) is 0 Å². The molecule has 14 heavy (non-hydrogen) atoms. The van der Waals surface area contributed by atoms with Gasteiger partial charge in [0.25, 0.3) is 0 Å². The van der Waals surface area contributed by atoms with Crippen LogP contribution in [0.3, 0.4) is 0 Å². The topological polar surface area (TPSA) is 69.2 Å². The van der Waals surface area contributed by atoms with E-state index in [9.17, 15) is 14.5 Å². The lowest BCUT2D eigenvalue weighted by Gasteiger charge is -2.18. The zero-order valence-corrected chi connectivity index (χ0v) is 7.95. The molecule has 0 aliphatic carbocycles. The smallest absolute Gasteiger partial charge is 0.305 e. The van der Waals surface area contributed by atoms with E-state index in [1.54, 1.807) is 13.8 Å². The Labute approximate surface area is 80.7 Å². The molecule has 0 unspecified atom stereocenters. The van der Waals surface area contributed by atoms with Crippen LogP contribution in [-0.2, 0) is 5.54 Å². The summed E-state index contributed by atoms with van der Waals surface area (Å²) in [5.41, 5.74) is 5.01. The highest BCUT2D eigenvalue weighted by Gasteiger charge is 2.20. The predicted octanol–water partition coefficient (Wildman–Crippen LogP) is 1.93. The van der Waals surface area contributed by atoms with Crippen molar-refractivity contribution in [2.45, 2.75) is 19.4 Å². The van der Waals surface area contributed by atoms with E-state index in [1.165, 1.54) is 6.07 Å². The van der Waals surface area contributed by atoms with E-state index in [0.717, 1.165) is 12.1 Å². The fourth-order valence-corrected chi connectivity index (χ4v) is 1.05. The molecule has 0 amide bonds. The van der Waals surface area contributed by atoms with E-state index >= 15 is 0 Å². The number of nitrogens with zero attached hydrogens (tertiary/aromatic N) is 1. The molecule has 2 N–H and O–H groups in total. The van der Waals surface area contributed by atoms with Gasteiger partial charge in [-0.3, -0.25) is 10.1 Å². The average molecular weight is 198 g/mol. The fourth-order valence-electron chi connectivity index (χ4n) is 1.05. The Kier molecular flexibility index (Phi) is 2.53. The van der Waals surface area contributed by atoms with Crippen molar-refractivity contribution in [3.63, 3.8) is 0 Å². The molecule has 0 aromatic heterocycles. The van der Waals surface area contributed by atoms with E-state index in [4.69, 9.17) is 5.73 Å². The highest BCUT2D eigenvalue weighted by atomic mass is 19.1. The molecule has 1 rings (SSSR count). The summed E-state index contributed by atoms with van der Waals surface area (Å²) >= 11 is 0. The number of benzene rings is 1. The van der Waals surface area contributed by atoms with Crippen molar-refractivity contribution in [1.29, 1.82) is 0 Å². The summed E-state index contributed by atoms with van der Waals surface area (Å²) in [4.78, 5) is 9.67. The molecule has 0 bridgehead atoms. The van der Waals surface area contributed by atoms with Gasteiger partial charge in [0.15, 0.2) is 0 Å². The van der Waals surface area contributed by atoms with Crippen molar-refractivity contribution in [2.75, 3.05) is 0 Å². The van der Waals surface area contributed by atoms with Crippen LogP contribution in [0.25, 0.3) is 0 Å². The zero-order chi connectivity index (χ0) is 10.9. The summed E-state index contributed by atoms with van der Waals surface area (Å²) in [5.74, 6) is -0.844. The number of nitro groups is 1. The normalized spacial score (nSPS) is 11.4. The van der Waals surface area contributed by atoms with E-state index < -0.39 is 22.0 Å². The van der Waals surface area contributed by atoms with Crippen LogP contribution in [-0.4, -0.2) is 4.92 Å². The largest absolute Gasteiger partial charge is 0.322 e. The minimum absolute atomic E-state index is 0.533. The monoisotopic (exact) mass is 198 g/mol. The lowest BCUT2D eigenvalue weighted by Crippen LogP contribution is -2.28. The van der Waals surface area contributed by atoms with Crippen LogP contribution in [0.15, 0.2) is 18.2 Å². The van der Waals surface area contributed by atoms with Crippen LogP contribution in [0.4, 0.5) is 10.1 Å². The summed E-state index contributed by atoms with van der Waals surface area (Å²) in [7, 11) is 0. The Morgan fingerprint density at radius 1 is 1.50 bits per heavy atom. The van der Waals surface area contributed by atoms with Crippen LogP contribution >= 0.6 is 0 Å². The number of hydrogen-bond donors (Lipinski definition) is 1. The molecule has 0 saturated heterocycles. The highest BCUT2D eigenvalue weighted by Crippen LogP contribution is 2.24. The second-order valence-electron chi connectivity index (χ2n) is 3.64. The quantitative estimate of drug-likeness (QED) is 0.583. The molecule has 1 aromatic carbocycles. The van der Waals surface area contributed by atoms with E-state index in [1.807, 2.05) is 0 Å². The van der Waals surface area contributed by atoms with Crippen molar-refractivity contribution in [3.05, 3.63) is 39.7 Å². The first-order chi connectivity index (χ1) is 6.32. The Morgan fingerprint density at radius 3 is 2.50 bits per heavy atom. The molecule has 0 fully saturated rings. The maximum atomic E-state index is 12.9. The Morgan fingerprint density at radius 2 is 2.07 bits per heavy atom. The average Bonchev–Trinajstić information content (AvgIpc) is 2.02. The Bertz CT molecular complexity index is 372. The van der Waals surface area contributed by atoms with Gasteiger partial charge in [0.2, 0.25) is 5.82 Å². The molecular formula is C9H11FN2O2. The Balaban J connectivity index is 3.27. The van der Waals surface area contributed by atoms with Crippen molar-refractivity contribution < 1.29 is 9.31 Å². The number of nitro benzene ring substituents is 1. The Hall–Kier alpha value is -1.49. The lowest BCUT2D eigenvalue weighted by molar-refractivity contribution is -0.387. The van der Waals surface area contributed by atoms with Gasteiger partial charge < -0.3 is 5.73 Å². The van der Waals surface area contributed by atoms with Gasteiger partial charge in [0.1, 0.15) is 0 Å². The molecule has 5 heteroatoms. The zero-order valence-electron chi connectivity index (χ0n) is 7.95. The summed E-state index contributed by atoms with van der Waals surface area (Å²) in [6, 6.07) is 3.67. The van der Waals surface area contributed by atoms with E-state index in [-0.39, 0.29) is 0 Å². The molecule has 1 aromatic rings. The number of rotatable bonds is 2. The first-order valence-electron chi connectivity index (χ1n) is 4.05. The third-order valence-corrected chi connectivity index (χ3v) is 1.89. The van der Waals surface area contributed by atoms with Gasteiger partial charge >= 0.3 is 5.69 Å². The number of hydrogen-bond acceptors (Lipinski definition) is 3. The third-order valence-electron chi connectivity index (χ3n) is 1.89. The number of nitrogens with two attached hydrogens (primary N) is 1. The second kappa shape index (κ2) is 3.34. The maximum Gasteiger partial charge on any atom is 0.305 e. The van der Waals surface area contributed by atoms with E-state index in [0.29, 0.717) is 5.56 Å². The van der Waals surface area contributed by atoms with Gasteiger partial charge in [-0.05, 0) is 25.5 Å². The molecule has 0 heterocycles. The van der Waals surface area contributed by atoms with Gasteiger partial charge in [0, 0.05) is 11.6 Å². The van der Waals surface area contributed by atoms with E-state index in [2.05, 4.69) is 0 Å². The summed E-state index contributed by atoms with van der Waals surface area (Å²) in [5, 5.41) is 10.4. The van der Waals surface area contributed by atoms with Crippen molar-refractivity contribution in [2.24, 2.45) is 5.73 Å². The third kappa shape index (κ3) is 2.05. The predicted molar refractivity (Wildman–Crippen MR) is 50.3 cm³/mol. The van der Waals surface area contributed by atoms with Crippen molar-refractivity contribution >= 4 is 5.69 Å². The standard InChI is InChI=1S/C9H11FN2O2/c1-9(2,11)6-3-4-7(10)8(5-6)12(13)14/h3-5H,11H2,1-2H3. The summed E-state index contributed by atoms with van der Waals surface area (Å²) in [6.45, 7) is 3.40. The molecule has 4 nitrogen and oxygen atoms in total. The van der Waals surface area contributed by atoms with Crippen LogP contribution in [0.2, 0.25) is 0 Å². The fraction of sp³-hybridized carbons (Fsp3) is 0.333. The van der Waals surface area contributed by atoms with Crippen LogP contribution in [0.1, 0.15) is 19.4 Å². The molecule has 76 valence electrons. The molecule has 0 spiro atoms. The van der Waals surface area contributed by atoms with Crippen molar-refractivity contribution in [3.8, 4) is 0 Å². The second-order valence-corrected chi connectivity index (χ2v) is 3.64. The lowest BCUT2D eigenvalue weighted by atomic mass is 9.95. The molecule has 0 aliphatic heterocycles. The summed E-state index contributed by atoms with van der Waals surface area (Å²) in [6.07, 6.45) is 0. The molecule has 0 aliphatic rings. The number of halogens is 1. The van der Waals surface area contributed by atoms with Crippen LogP contribution in [0, 0.1) is 15.9 Å². The molecule has 0 radical (unpaired) electrons.